The number of benzene rings is 2. The lowest BCUT2D eigenvalue weighted by Gasteiger charge is -2.14. The number of nitrogens with two attached hydrogens (primary N) is 2. The number of aliphatic imine (C=N–C) groups is 1. The van der Waals surface area contributed by atoms with E-state index < -0.39 is 12.1 Å². The number of guanidine groups is 1. The van der Waals surface area contributed by atoms with E-state index in [9.17, 15) is 18.4 Å². The van der Waals surface area contributed by atoms with Gasteiger partial charge in [-0.3, -0.25) is 4.99 Å². The minimum Gasteiger partial charge on any atom is -0.404 e. The van der Waals surface area contributed by atoms with Gasteiger partial charge in [-0.2, -0.15) is 10.4 Å². The van der Waals surface area contributed by atoms with Gasteiger partial charge in [0, 0.05) is 6.54 Å². The van der Waals surface area contributed by atoms with Gasteiger partial charge in [0.15, 0.2) is 11.7 Å². The van der Waals surface area contributed by atoms with Crippen LogP contribution in [-0.4, -0.2) is 28.6 Å². The number of alkyl halides is 3. The monoisotopic (exact) mass is 571 g/mol. The van der Waals surface area contributed by atoms with Gasteiger partial charge in [-0.05, 0) is 37.1 Å². The molecule has 0 aliphatic carbocycles. The largest absolute Gasteiger partial charge is 0.573 e. The van der Waals surface area contributed by atoms with Crippen molar-refractivity contribution in [2.45, 2.75) is 19.2 Å². The van der Waals surface area contributed by atoms with Crippen LogP contribution in [-0.2, 0) is 6.42 Å². The van der Waals surface area contributed by atoms with Gasteiger partial charge in [-0.15, -0.1) is 37.1 Å². The summed E-state index contributed by atoms with van der Waals surface area (Å²) in [6.45, 7) is 0.254. The fourth-order valence-electron chi connectivity index (χ4n) is 2.95. The van der Waals surface area contributed by atoms with Crippen LogP contribution in [0.5, 0.6) is 5.75 Å². The molecule has 8 nitrogen and oxygen atoms in total. The van der Waals surface area contributed by atoms with E-state index in [4.69, 9.17) is 11.5 Å². The number of aryl methyl sites for hydroxylation is 1. The van der Waals surface area contributed by atoms with Crippen molar-refractivity contribution in [1.82, 2.24) is 9.78 Å². The molecule has 3 aromatic rings. The second-order valence-electron chi connectivity index (χ2n) is 6.61. The molecule has 5 N–H and O–H groups in total. The highest BCUT2D eigenvalue weighted by atomic mass is 127. The number of para-hydroxylation sites is 3. The van der Waals surface area contributed by atoms with Crippen LogP contribution in [0.25, 0.3) is 5.69 Å². The summed E-state index contributed by atoms with van der Waals surface area (Å²) in [5, 5.41) is 16.5. The molecule has 0 saturated carbocycles. The number of ether oxygens (including phenoxy) is 1. The Hall–Kier alpha value is -3.47. The minimum atomic E-state index is -4.83. The maximum absolute atomic E-state index is 12.5. The zero-order chi connectivity index (χ0) is 23.1. The van der Waals surface area contributed by atoms with Crippen molar-refractivity contribution in [2.75, 3.05) is 17.6 Å². The SMILES string of the molecule is I.N#Cc1c(CCCN=C(N)Nc2ccccc2OC(F)(F)F)nn(-c2ccccc2)c1N. The number of nitrogens with zero attached hydrogens (tertiary/aromatic N) is 4. The molecular formula is C21H21F3IN7O. The van der Waals surface area contributed by atoms with Crippen molar-refractivity contribution >= 4 is 41.4 Å². The number of hydrogen-bond donors (Lipinski definition) is 3. The summed E-state index contributed by atoms with van der Waals surface area (Å²) in [7, 11) is 0. The Balaban J connectivity index is 0.00000385. The van der Waals surface area contributed by atoms with Gasteiger partial charge in [0.1, 0.15) is 17.5 Å². The molecule has 0 fully saturated rings. The van der Waals surface area contributed by atoms with Crippen LogP contribution in [0.1, 0.15) is 17.7 Å². The molecule has 0 atom stereocenters. The standard InChI is InChI=1S/C21H20F3N7O.HI/c22-21(23,24)32-18-11-5-4-9-17(18)29-20(27)28-12-6-10-16-15(13-25)19(26)31(30-16)14-7-2-1-3-8-14;/h1-5,7-9,11H,6,10,12,26H2,(H3,27,28,29);1H. The molecule has 12 heteroatoms. The average molecular weight is 571 g/mol. The van der Waals surface area contributed by atoms with Crippen molar-refractivity contribution in [1.29, 1.82) is 5.26 Å². The molecule has 0 unspecified atom stereocenters. The second-order valence-corrected chi connectivity index (χ2v) is 6.61. The normalized spacial score (nSPS) is 11.4. The average Bonchev–Trinajstić information content (AvgIpc) is 3.07. The fourth-order valence-corrected chi connectivity index (χ4v) is 2.95. The van der Waals surface area contributed by atoms with E-state index in [1.807, 2.05) is 30.3 Å². The molecule has 0 saturated heterocycles. The molecule has 2 aromatic carbocycles. The summed E-state index contributed by atoms with van der Waals surface area (Å²) in [5.74, 6) is -0.239. The maximum Gasteiger partial charge on any atom is 0.573 e. The van der Waals surface area contributed by atoms with Crippen LogP contribution in [0.15, 0.2) is 59.6 Å². The molecule has 33 heavy (non-hydrogen) atoms. The lowest BCUT2D eigenvalue weighted by Crippen LogP contribution is -2.24. The Morgan fingerprint density at radius 3 is 2.48 bits per heavy atom. The molecular weight excluding hydrogens is 550 g/mol. The first-order valence-corrected chi connectivity index (χ1v) is 9.53. The number of hydrogen-bond acceptors (Lipinski definition) is 5. The van der Waals surface area contributed by atoms with Gasteiger partial charge in [0.05, 0.1) is 17.1 Å². The molecule has 1 aromatic heterocycles. The van der Waals surface area contributed by atoms with Crippen LogP contribution in [0.4, 0.5) is 24.7 Å². The fraction of sp³-hybridized carbons (Fsp3) is 0.190. The van der Waals surface area contributed by atoms with Gasteiger partial charge in [0.2, 0.25) is 0 Å². The number of nitrogen functional groups attached to an aromatic ring is 1. The number of nitrogens with one attached hydrogen (secondary N) is 1. The van der Waals surface area contributed by atoms with Crippen LogP contribution in [0, 0.1) is 11.3 Å². The second kappa shape index (κ2) is 11.4. The number of anilines is 2. The third kappa shape index (κ3) is 7.01. The zero-order valence-corrected chi connectivity index (χ0v) is 19.5. The predicted molar refractivity (Wildman–Crippen MR) is 130 cm³/mol. The number of aromatic nitrogens is 2. The molecule has 174 valence electrons. The Bertz CT molecular complexity index is 1140. The topological polar surface area (TPSA) is 127 Å². The van der Waals surface area contributed by atoms with Crippen LogP contribution in [0.2, 0.25) is 0 Å². The molecule has 3 rings (SSSR count). The Morgan fingerprint density at radius 1 is 1.15 bits per heavy atom. The van der Waals surface area contributed by atoms with E-state index in [1.165, 1.54) is 28.9 Å². The molecule has 0 amide bonds. The van der Waals surface area contributed by atoms with Crippen molar-refractivity contribution in [3.63, 3.8) is 0 Å². The summed E-state index contributed by atoms with van der Waals surface area (Å²) < 4.78 is 43.0. The summed E-state index contributed by atoms with van der Waals surface area (Å²) in [5.41, 5.74) is 13.5. The van der Waals surface area contributed by atoms with E-state index in [1.54, 1.807) is 0 Å². The third-order valence-electron chi connectivity index (χ3n) is 4.34. The van der Waals surface area contributed by atoms with Crippen molar-refractivity contribution in [3.8, 4) is 17.5 Å². The molecule has 0 aliphatic rings. The number of nitriles is 1. The first-order valence-electron chi connectivity index (χ1n) is 9.53. The lowest BCUT2D eigenvalue weighted by atomic mass is 10.1. The maximum atomic E-state index is 12.5. The summed E-state index contributed by atoms with van der Waals surface area (Å²) in [6, 6.07) is 16.8. The zero-order valence-electron chi connectivity index (χ0n) is 17.2. The van der Waals surface area contributed by atoms with Crippen molar-refractivity contribution in [2.24, 2.45) is 10.7 Å². The highest BCUT2D eigenvalue weighted by Crippen LogP contribution is 2.29. The first-order chi connectivity index (χ1) is 15.3. The predicted octanol–water partition coefficient (Wildman–Crippen LogP) is 4.20. The van der Waals surface area contributed by atoms with E-state index in [-0.39, 0.29) is 48.0 Å². The first kappa shape index (κ1) is 25.8. The molecule has 1 heterocycles. The van der Waals surface area contributed by atoms with Crippen LogP contribution in [0.3, 0.4) is 0 Å². The van der Waals surface area contributed by atoms with Gasteiger partial charge >= 0.3 is 6.36 Å². The smallest absolute Gasteiger partial charge is 0.404 e. The van der Waals surface area contributed by atoms with Crippen molar-refractivity contribution in [3.05, 3.63) is 65.9 Å². The molecule has 0 aliphatic heterocycles. The third-order valence-corrected chi connectivity index (χ3v) is 4.34. The molecule has 0 radical (unpaired) electrons. The van der Waals surface area contributed by atoms with E-state index in [0.29, 0.717) is 24.1 Å². The van der Waals surface area contributed by atoms with E-state index >= 15 is 0 Å². The van der Waals surface area contributed by atoms with E-state index in [2.05, 4.69) is 26.2 Å². The van der Waals surface area contributed by atoms with Gasteiger partial charge in [-0.1, -0.05) is 30.3 Å². The minimum absolute atomic E-state index is 0. The Morgan fingerprint density at radius 2 is 1.82 bits per heavy atom. The molecule has 0 bridgehead atoms. The highest BCUT2D eigenvalue weighted by Gasteiger charge is 2.32. The van der Waals surface area contributed by atoms with Gasteiger partial charge in [0.25, 0.3) is 0 Å². The van der Waals surface area contributed by atoms with E-state index in [0.717, 1.165) is 5.69 Å². The van der Waals surface area contributed by atoms with Crippen LogP contribution >= 0.6 is 24.0 Å². The summed E-state index contributed by atoms with van der Waals surface area (Å²) in [6.07, 6.45) is -3.92. The van der Waals surface area contributed by atoms with Gasteiger partial charge < -0.3 is 21.5 Å². The number of halogens is 4. The number of rotatable bonds is 7. The van der Waals surface area contributed by atoms with Crippen LogP contribution < -0.4 is 21.5 Å². The van der Waals surface area contributed by atoms with Crippen molar-refractivity contribution < 1.29 is 17.9 Å². The summed E-state index contributed by atoms with van der Waals surface area (Å²) in [4.78, 5) is 4.11. The Labute approximate surface area is 205 Å². The quantitative estimate of drug-likeness (QED) is 0.169. The summed E-state index contributed by atoms with van der Waals surface area (Å²) >= 11 is 0. The Kier molecular flexibility index (Phi) is 8.92. The highest BCUT2D eigenvalue weighted by molar-refractivity contribution is 14.0. The van der Waals surface area contributed by atoms with Gasteiger partial charge in [-0.25, -0.2) is 4.68 Å². The lowest BCUT2D eigenvalue weighted by molar-refractivity contribution is -0.274. The molecule has 0 spiro atoms.